The summed E-state index contributed by atoms with van der Waals surface area (Å²) in [5.41, 5.74) is 0.759. The fraction of sp³-hybridized carbons (Fsp3) is 0.0625. The molecule has 1 heterocycles. The smallest absolute Gasteiger partial charge is 0.180 e. The fourth-order valence-corrected chi connectivity index (χ4v) is 2.03. The summed E-state index contributed by atoms with van der Waals surface area (Å²) in [5.74, 6) is 1.52. The highest BCUT2D eigenvalue weighted by molar-refractivity contribution is 5.87. The Morgan fingerprint density at radius 1 is 0.950 bits per heavy atom. The van der Waals surface area contributed by atoms with Gasteiger partial charge in [-0.3, -0.25) is 4.98 Å². The molecule has 0 radical (unpaired) electrons. The van der Waals surface area contributed by atoms with Crippen molar-refractivity contribution in [3.8, 4) is 23.0 Å². The number of hydrogen-bond donors (Lipinski definition) is 1. The van der Waals surface area contributed by atoms with Crippen LogP contribution in [0.5, 0.6) is 23.0 Å². The quantitative estimate of drug-likeness (QED) is 0.785. The van der Waals surface area contributed by atoms with E-state index in [2.05, 4.69) is 4.98 Å². The maximum atomic E-state index is 10.0. The van der Waals surface area contributed by atoms with Crippen LogP contribution in [0.3, 0.4) is 0 Å². The molecule has 1 aromatic heterocycles. The predicted octanol–water partition coefficient (Wildman–Crippen LogP) is 3.74. The first-order chi connectivity index (χ1) is 9.79. The Morgan fingerprint density at radius 2 is 1.65 bits per heavy atom. The van der Waals surface area contributed by atoms with E-state index in [0.717, 1.165) is 10.9 Å². The number of methoxy groups -OCH3 is 1. The molecular formula is C16H13NO3. The second-order valence-electron chi connectivity index (χ2n) is 4.24. The van der Waals surface area contributed by atoms with Gasteiger partial charge in [-0.2, -0.15) is 0 Å². The Morgan fingerprint density at radius 3 is 2.45 bits per heavy atom. The molecule has 0 saturated carbocycles. The fourth-order valence-electron chi connectivity index (χ4n) is 2.03. The molecule has 0 saturated heterocycles. The minimum atomic E-state index is -0.00499. The summed E-state index contributed by atoms with van der Waals surface area (Å²) in [4.78, 5) is 4.16. The van der Waals surface area contributed by atoms with Crippen molar-refractivity contribution in [2.75, 3.05) is 7.11 Å². The Kier molecular flexibility index (Phi) is 3.13. The maximum Gasteiger partial charge on any atom is 0.180 e. The SMILES string of the molecule is COc1ccccc1Oc1c(O)cnc2ccccc12. The second kappa shape index (κ2) is 5.09. The zero-order valence-corrected chi connectivity index (χ0v) is 10.9. The molecule has 20 heavy (non-hydrogen) atoms. The van der Waals surface area contributed by atoms with Crippen LogP contribution in [0.15, 0.2) is 54.7 Å². The van der Waals surface area contributed by atoms with Crippen molar-refractivity contribution < 1.29 is 14.6 Å². The van der Waals surface area contributed by atoms with E-state index < -0.39 is 0 Å². The normalized spacial score (nSPS) is 10.4. The van der Waals surface area contributed by atoms with Crippen LogP contribution >= 0.6 is 0 Å². The van der Waals surface area contributed by atoms with Crippen molar-refractivity contribution in [2.24, 2.45) is 0 Å². The maximum absolute atomic E-state index is 10.0. The van der Waals surface area contributed by atoms with Crippen LogP contribution in [0.4, 0.5) is 0 Å². The molecular weight excluding hydrogens is 254 g/mol. The van der Waals surface area contributed by atoms with Crippen molar-refractivity contribution in [2.45, 2.75) is 0 Å². The Hall–Kier alpha value is -2.75. The number of benzene rings is 2. The third kappa shape index (κ3) is 2.12. The summed E-state index contributed by atoms with van der Waals surface area (Å²) >= 11 is 0. The lowest BCUT2D eigenvalue weighted by molar-refractivity contribution is 0.368. The summed E-state index contributed by atoms with van der Waals surface area (Å²) in [6, 6.07) is 14.8. The lowest BCUT2D eigenvalue weighted by Gasteiger charge is -2.12. The summed E-state index contributed by atoms with van der Waals surface area (Å²) in [7, 11) is 1.58. The Balaban J connectivity index is 2.13. The molecule has 0 spiro atoms. The average Bonchev–Trinajstić information content (AvgIpc) is 2.50. The molecule has 0 aliphatic heterocycles. The molecule has 0 aliphatic carbocycles. The van der Waals surface area contributed by atoms with Crippen LogP contribution in [0, 0.1) is 0 Å². The standard InChI is InChI=1S/C16H13NO3/c1-19-14-8-4-5-9-15(14)20-16-11-6-2-3-7-12(11)17-10-13(16)18/h2-10,18H,1H3. The van der Waals surface area contributed by atoms with E-state index >= 15 is 0 Å². The van der Waals surface area contributed by atoms with Crippen LogP contribution in [-0.2, 0) is 0 Å². The molecule has 4 heteroatoms. The number of aromatic nitrogens is 1. The van der Waals surface area contributed by atoms with Gasteiger partial charge in [-0.05, 0) is 24.3 Å². The van der Waals surface area contributed by atoms with E-state index in [4.69, 9.17) is 9.47 Å². The van der Waals surface area contributed by atoms with Crippen LogP contribution in [0.25, 0.3) is 10.9 Å². The largest absolute Gasteiger partial charge is 0.503 e. The molecule has 0 unspecified atom stereocenters. The number of para-hydroxylation sites is 3. The third-order valence-electron chi connectivity index (χ3n) is 2.99. The van der Waals surface area contributed by atoms with Crippen molar-refractivity contribution in [1.82, 2.24) is 4.98 Å². The molecule has 0 amide bonds. The van der Waals surface area contributed by atoms with Gasteiger partial charge in [-0.25, -0.2) is 0 Å². The summed E-state index contributed by atoms with van der Waals surface area (Å²) in [6.45, 7) is 0. The van der Waals surface area contributed by atoms with Gasteiger partial charge in [-0.1, -0.05) is 24.3 Å². The van der Waals surface area contributed by atoms with E-state index in [0.29, 0.717) is 17.2 Å². The second-order valence-corrected chi connectivity index (χ2v) is 4.24. The van der Waals surface area contributed by atoms with E-state index in [-0.39, 0.29) is 5.75 Å². The summed E-state index contributed by atoms with van der Waals surface area (Å²) < 4.78 is 11.1. The number of rotatable bonds is 3. The van der Waals surface area contributed by atoms with Gasteiger partial charge in [0.25, 0.3) is 0 Å². The first kappa shape index (κ1) is 12.3. The molecule has 3 rings (SSSR count). The zero-order valence-electron chi connectivity index (χ0n) is 10.9. The zero-order chi connectivity index (χ0) is 13.9. The Bertz CT molecular complexity index is 756. The number of nitrogens with zero attached hydrogens (tertiary/aromatic N) is 1. The molecule has 100 valence electrons. The lowest BCUT2D eigenvalue weighted by Crippen LogP contribution is -1.92. The van der Waals surface area contributed by atoms with E-state index in [1.165, 1.54) is 6.20 Å². The van der Waals surface area contributed by atoms with Crippen molar-refractivity contribution in [3.63, 3.8) is 0 Å². The van der Waals surface area contributed by atoms with Gasteiger partial charge in [0.2, 0.25) is 0 Å². The molecule has 2 aromatic carbocycles. The number of ether oxygens (including phenoxy) is 2. The van der Waals surface area contributed by atoms with Crippen molar-refractivity contribution in [3.05, 3.63) is 54.7 Å². The highest BCUT2D eigenvalue weighted by atomic mass is 16.5. The summed E-state index contributed by atoms with van der Waals surface area (Å²) in [6.07, 6.45) is 1.38. The molecule has 4 nitrogen and oxygen atoms in total. The minimum absolute atomic E-state index is 0.00499. The first-order valence-electron chi connectivity index (χ1n) is 6.17. The number of aromatic hydroxyl groups is 1. The van der Waals surface area contributed by atoms with Crippen molar-refractivity contribution >= 4 is 10.9 Å². The topological polar surface area (TPSA) is 51.6 Å². The highest BCUT2D eigenvalue weighted by Gasteiger charge is 2.12. The number of hydrogen-bond acceptors (Lipinski definition) is 4. The van der Waals surface area contributed by atoms with Crippen LogP contribution in [-0.4, -0.2) is 17.2 Å². The van der Waals surface area contributed by atoms with Crippen LogP contribution in [0.1, 0.15) is 0 Å². The van der Waals surface area contributed by atoms with Gasteiger partial charge in [0, 0.05) is 5.39 Å². The average molecular weight is 267 g/mol. The monoisotopic (exact) mass is 267 g/mol. The Labute approximate surface area is 116 Å². The lowest BCUT2D eigenvalue weighted by atomic mass is 10.2. The first-order valence-corrected chi connectivity index (χ1v) is 6.17. The molecule has 0 fully saturated rings. The number of fused-ring (bicyclic) bond motifs is 1. The molecule has 0 aliphatic rings. The van der Waals surface area contributed by atoms with Gasteiger partial charge in [0.05, 0.1) is 18.8 Å². The van der Waals surface area contributed by atoms with Gasteiger partial charge >= 0.3 is 0 Å². The third-order valence-corrected chi connectivity index (χ3v) is 2.99. The van der Waals surface area contributed by atoms with Crippen LogP contribution < -0.4 is 9.47 Å². The predicted molar refractivity (Wildman–Crippen MR) is 76.5 cm³/mol. The van der Waals surface area contributed by atoms with Gasteiger partial charge in [0.1, 0.15) is 0 Å². The van der Waals surface area contributed by atoms with Crippen LogP contribution in [0.2, 0.25) is 0 Å². The van der Waals surface area contributed by atoms with Gasteiger partial charge in [-0.15, -0.1) is 0 Å². The van der Waals surface area contributed by atoms with E-state index in [1.54, 1.807) is 19.2 Å². The van der Waals surface area contributed by atoms with Gasteiger partial charge < -0.3 is 14.6 Å². The summed E-state index contributed by atoms with van der Waals surface area (Å²) in [5, 5.41) is 10.8. The number of pyridine rings is 1. The van der Waals surface area contributed by atoms with Gasteiger partial charge in [0.15, 0.2) is 23.0 Å². The highest BCUT2D eigenvalue weighted by Crippen LogP contribution is 2.39. The molecule has 0 bridgehead atoms. The van der Waals surface area contributed by atoms with E-state index in [9.17, 15) is 5.11 Å². The van der Waals surface area contributed by atoms with E-state index in [1.807, 2.05) is 36.4 Å². The molecule has 3 aromatic rings. The minimum Gasteiger partial charge on any atom is -0.503 e. The van der Waals surface area contributed by atoms with Crippen molar-refractivity contribution in [1.29, 1.82) is 0 Å². The molecule has 0 atom stereocenters. The molecule has 1 N–H and O–H groups in total.